The number of rotatable bonds is 4. The number of nitrogens with one attached hydrogen (secondary N) is 1. The van der Waals surface area contributed by atoms with Gasteiger partial charge in [-0.25, -0.2) is 0 Å². The topological polar surface area (TPSA) is 72.8 Å². The van der Waals surface area contributed by atoms with Crippen molar-refractivity contribution >= 4 is 29.0 Å². The van der Waals surface area contributed by atoms with Crippen LogP contribution in [0, 0.1) is 0 Å². The van der Waals surface area contributed by atoms with Crippen LogP contribution in [-0.4, -0.2) is 48.2 Å². The van der Waals surface area contributed by atoms with E-state index in [2.05, 4.69) is 5.32 Å². The Hall–Kier alpha value is -1.24. The van der Waals surface area contributed by atoms with Crippen molar-refractivity contribution in [3.05, 3.63) is 18.2 Å². The monoisotopic (exact) mass is 268 g/mol. The van der Waals surface area contributed by atoms with Crippen LogP contribution in [0.15, 0.2) is 23.1 Å². The normalized spacial score (nSPS) is 15.8. The van der Waals surface area contributed by atoms with Gasteiger partial charge in [-0.05, 0) is 18.2 Å². The third-order valence-electron chi connectivity index (χ3n) is 2.73. The Kier molecular flexibility index (Phi) is 4.11. The van der Waals surface area contributed by atoms with Gasteiger partial charge in [0.1, 0.15) is 0 Å². The van der Waals surface area contributed by atoms with Crippen molar-refractivity contribution in [2.24, 2.45) is 0 Å². The number of carbonyl (C=O) groups is 1. The van der Waals surface area contributed by atoms with E-state index in [1.807, 2.05) is 30.1 Å². The van der Waals surface area contributed by atoms with Crippen LogP contribution in [-0.2, 0) is 4.79 Å². The average Bonchev–Trinajstić information content (AvgIpc) is 2.37. The Morgan fingerprint density at radius 2 is 2.33 bits per heavy atom. The number of likely N-dealkylation sites (N-methyl/N-ethyl adjacent to an activating group) is 1. The Morgan fingerprint density at radius 1 is 1.56 bits per heavy atom. The van der Waals surface area contributed by atoms with Crippen LogP contribution in [0.2, 0.25) is 0 Å². The van der Waals surface area contributed by atoms with Crippen molar-refractivity contribution < 1.29 is 15.0 Å². The lowest BCUT2D eigenvalue weighted by molar-refractivity contribution is -0.113. The maximum absolute atomic E-state index is 11.3. The highest BCUT2D eigenvalue weighted by molar-refractivity contribution is 8.00. The van der Waals surface area contributed by atoms with E-state index in [-0.39, 0.29) is 12.5 Å². The molecule has 2 rings (SSSR count). The zero-order valence-electron chi connectivity index (χ0n) is 10.1. The standard InChI is InChI=1S/C12H16N2O3S/c1-14(5-9(16)6-15)8-2-3-11-10(4-8)13-12(17)7-18-11/h2-4,9,15-16H,5-7H2,1H3,(H,13,17). The van der Waals surface area contributed by atoms with Crippen LogP contribution in [0.1, 0.15) is 0 Å². The number of anilines is 2. The summed E-state index contributed by atoms with van der Waals surface area (Å²) in [5.74, 6) is 0.452. The van der Waals surface area contributed by atoms with Crippen LogP contribution < -0.4 is 10.2 Å². The second kappa shape index (κ2) is 5.60. The molecule has 98 valence electrons. The number of hydrogen-bond acceptors (Lipinski definition) is 5. The third-order valence-corrected chi connectivity index (χ3v) is 3.81. The number of benzene rings is 1. The molecule has 1 aromatic carbocycles. The summed E-state index contributed by atoms with van der Waals surface area (Å²) in [6.45, 7) is 0.0816. The summed E-state index contributed by atoms with van der Waals surface area (Å²) < 4.78 is 0. The van der Waals surface area contributed by atoms with E-state index in [1.54, 1.807) is 0 Å². The van der Waals surface area contributed by atoms with Crippen LogP contribution in [0.3, 0.4) is 0 Å². The molecule has 18 heavy (non-hydrogen) atoms. The second-order valence-electron chi connectivity index (χ2n) is 4.23. The fraction of sp³-hybridized carbons (Fsp3) is 0.417. The number of fused-ring (bicyclic) bond motifs is 1. The highest BCUT2D eigenvalue weighted by Crippen LogP contribution is 2.34. The summed E-state index contributed by atoms with van der Waals surface area (Å²) >= 11 is 1.52. The van der Waals surface area contributed by atoms with Gasteiger partial charge in [0.25, 0.3) is 0 Å². The number of carbonyl (C=O) groups excluding carboxylic acids is 1. The van der Waals surface area contributed by atoms with Gasteiger partial charge in [-0.1, -0.05) is 0 Å². The molecule has 0 bridgehead atoms. The van der Waals surface area contributed by atoms with E-state index in [0.29, 0.717) is 12.3 Å². The minimum atomic E-state index is -0.769. The first-order chi connectivity index (χ1) is 8.60. The van der Waals surface area contributed by atoms with Crippen molar-refractivity contribution in [1.82, 2.24) is 0 Å². The van der Waals surface area contributed by atoms with E-state index < -0.39 is 6.10 Å². The van der Waals surface area contributed by atoms with Gasteiger partial charge in [0.05, 0.1) is 24.2 Å². The molecular formula is C12H16N2O3S. The Morgan fingerprint density at radius 3 is 3.06 bits per heavy atom. The minimum Gasteiger partial charge on any atom is -0.394 e. The van der Waals surface area contributed by atoms with Crippen LogP contribution in [0.25, 0.3) is 0 Å². The van der Waals surface area contributed by atoms with Gasteiger partial charge in [-0.3, -0.25) is 4.79 Å². The Balaban J connectivity index is 2.15. The van der Waals surface area contributed by atoms with Crippen molar-refractivity contribution in [1.29, 1.82) is 0 Å². The molecule has 0 saturated heterocycles. The molecule has 1 atom stereocenters. The molecule has 5 nitrogen and oxygen atoms in total. The maximum atomic E-state index is 11.3. The van der Waals surface area contributed by atoms with Gasteiger partial charge in [-0.2, -0.15) is 0 Å². The number of hydrogen-bond donors (Lipinski definition) is 3. The van der Waals surface area contributed by atoms with Gasteiger partial charge in [0, 0.05) is 24.2 Å². The van der Waals surface area contributed by atoms with Crippen molar-refractivity contribution in [3.63, 3.8) is 0 Å². The molecule has 0 spiro atoms. The van der Waals surface area contributed by atoms with Crippen molar-refractivity contribution in [2.75, 3.05) is 36.2 Å². The van der Waals surface area contributed by atoms with Crippen molar-refractivity contribution in [3.8, 4) is 0 Å². The molecule has 0 saturated carbocycles. The summed E-state index contributed by atoms with van der Waals surface area (Å²) in [6.07, 6.45) is -0.769. The van der Waals surface area contributed by atoms with Gasteiger partial charge in [-0.15, -0.1) is 11.8 Å². The summed E-state index contributed by atoms with van der Waals surface area (Å²) in [5.41, 5.74) is 1.70. The van der Waals surface area contributed by atoms with Gasteiger partial charge < -0.3 is 20.4 Å². The number of aliphatic hydroxyl groups is 2. The first-order valence-electron chi connectivity index (χ1n) is 5.67. The highest BCUT2D eigenvalue weighted by Gasteiger charge is 2.16. The lowest BCUT2D eigenvalue weighted by Gasteiger charge is -2.24. The maximum Gasteiger partial charge on any atom is 0.234 e. The molecule has 1 aliphatic heterocycles. The van der Waals surface area contributed by atoms with Crippen LogP contribution in [0.5, 0.6) is 0 Å². The molecule has 1 amide bonds. The van der Waals surface area contributed by atoms with Crippen LogP contribution >= 0.6 is 11.8 Å². The molecule has 0 aliphatic carbocycles. The Bertz CT molecular complexity index is 453. The van der Waals surface area contributed by atoms with Gasteiger partial charge in [0.2, 0.25) is 5.91 Å². The zero-order chi connectivity index (χ0) is 13.1. The van der Waals surface area contributed by atoms with Crippen molar-refractivity contribution in [2.45, 2.75) is 11.0 Å². The molecule has 1 aromatic rings. The fourth-order valence-corrected chi connectivity index (χ4v) is 2.58. The number of aliphatic hydroxyl groups excluding tert-OH is 2. The SMILES string of the molecule is CN(CC(O)CO)c1ccc2c(c1)NC(=O)CS2. The molecule has 1 heterocycles. The van der Waals surface area contributed by atoms with E-state index in [1.165, 1.54) is 11.8 Å². The third kappa shape index (κ3) is 2.95. The number of amides is 1. The van der Waals surface area contributed by atoms with E-state index in [0.717, 1.165) is 16.3 Å². The quantitative estimate of drug-likeness (QED) is 0.742. The molecule has 1 unspecified atom stereocenters. The van der Waals surface area contributed by atoms with Gasteiger partial charge in [0.15, 0.2) is 0 Å². The lowest BCUT2D eigenvalue weighted by atomic mass is 10.2. The predicted molar refractivity (Wildman–Crippen MR) is 72.2 cm³/mol. The molecule has 0 aromatic heterocycles. The fourth-order valence-electron chi connectivity index (χ4n) is 1.79. The Labute approximate surface area is 110 Å². The lowest BCUT2D eigenvalue weighted by Crippen LogP contribution is -2.31. The van der Waals surface area contributed by atoms with Crippen LogP contribution in [0.4, 0.5) is 11.4 Å². The average molecular weight is 268 g/mol. The van der Waals surface area contributed by atoms with Gasteiger partial charge >= 0.3 is 0 Å². The highest BCUT2D eigenvalue weighted by atomic mass is 32.2. The molecule has 0 fully saturated rings. The molecule has 0 radical (unpaired) electrons. The summed E-state index contributed by atoms with van der Waals surface area (Å²) in [5, 5.41) is 21.0. The molecule has 1 aliphatic rings. The number of thioether (sulfide) groups is 1. The first kappa shape index (κ1) is 13.2. The van der Waals surface area contributed by atoms with E-state index in [4.69, 9.17) is 5.11 Å². The largest absolute Gasteiger partial charge is 0.394 e. The number of nitrogens with zero attached hydrogens (tertiary/aromatic N) is 1. The summed E-state index contributed by atoms with van der Waals surface area (Å²) in [6, 6.07) is 5.77. The molecular weight excluding hydrogens is 252 g/mol. The second-order valence-corrected chi connectivity index (χ2v) is 5.25. The zero-order valence-corrected chi connectivity index (χ0v) is 10.9. The smallest absolute Gasteiger partial charge is 0.234 e. The van der Waals surface area contributed by atoms with E-state index >= 15 is 0 Å². The first-order valence-corrected chi connectivity index (χ1v) is 6.65. The summed E-state index contributed by atoms with van der Waals surface area (Å²) in [7, 11) is 1.83. The summed E-state index contributed by atoms with van der Waals surface area (Å²) in [4.78, 5) is 14.2. The van der Waals surface area contributed by atoms with E-state index in [9.17, 15) is 9.90 Å². The molecule has 3 N–H and O–H groups in total. The minimum absolute atomic E-state index is 0.00250. The predicted octanol–water partition coefficient (Wildman–Crippen LogP) is 0.520. The molecule has 6 heteroatoms.